The summed E-state index contributed by atoms with van der Waals surface area (Å²) in [4.78, 5) is 29.9. The largest absolute Gasteiger partial charge is 0.375 e. The van der Waals surface area contributed by atoms with Crippen LogP contribution in [-0.2, 0) is 6.54 Å². The highest BCUT2D eigenvalue weighted by atomic mass is 32.1. The highest BCUT2D eigenvalue weighted by Gasteiger charge is 2.12. The van der Waals surface area contributed by atoms with E-state index in [0.717, 1.165) is 16.9 Å². The predicted molar refractivity (Wildman–Crippen MR) is 74.5 cm³/mol. The van der Waals surface area contributed by atoms with Crippen LogP contribution < -0.4 is 17.0 Å². The molecule has 3 aromatic rings. The molecule has 0 aliphatic rings. The normalized spacial score (nSPS) is 10.9. The van der Waals surface area contributed by atoms with Gasteiger partial charge in [0.05, 0.1) is 6.54 Å². The van der Waals surface area contributed by atoms with Crippen LogP contribution in [-0.4, -0.2) is 14.5 Å². The average molecular weight is 274 g/mol. The van der Waals surface area contributed by atoms with Crippen LogP contribution in [0.15, 0.2) is 39.9 Å². The molecule has 2 aromatic heterocycles. The van der Waals surface area contributed by atoms with E-state index < -0.39 is 11.2 Å². The molecular weight excluding hydrogens is 264 g/mol. The molecule has 0 fully saturated rings. The van der Waals surface area contributed by atoms with Crippen molar-refractivity contribution in [2.75, 3.05) is 5.73 Å². The third kappa shape index (κ3) is 2.04. The molecule has 0 saturated heterocycles. The van der Waals surface area contributed by atoms with Gasteiger partial charge in [0.15, 0.2) is 10.8 Å². The molecule has 0 spiro atoms. The Hall–Kier alpha value is -2.41. The Balaban J connectivity index is 2.23. The van der Waals surface area contributed by atoms with Gasteiger partial charge in [0, 0.05) is 0 Å². The summed E-state index contributed by atoms with van der Waals surface area (Å²) in [5.74, 6) is 0. The smallest absolute Gasteiger partial charge is 0.330 e. The monoisotopic (exact) mass is 274 g/mol. The van der Waals surface area contributed by atoms with Gasteiger partial charge in [-0.25, -0.2) is 9.78 Å². The van der Waals surface area contributed by atoms with E-state index >= 15 is 0 Å². The van der Waals surface area contributed by atoms with Crippen molar-refractivity contribution in [1.29, 1.82) is 0 Å². The van der Waals surface area contributed by atoms with Crippen molar-refractivity contribution < 1.29 is 0 Å². The highest BCUT2D eigenvalue weighted by molar-refractivity contribution is 7.21. The summed E-state index contributed by atoms with van der Waals surface area (Å²) in [5.41, 5.74) is 5.97. The van der Waals surface area contributed by atoms with E-state index in [4.69, 9.17) is 5.73 Å². The number of hydrogen-bond donors (Lipinski definition) is 2. The first-order valence-corrected chi connectivity index (χ1v) is 6.40. The SMILES string of the molecule is Nc1nc2c(s1)c(=O)[nH]c(=O)n2Cc1ccccc1. The summed E-state index contributed by atoms with van der Waals surface area (Å²) in [6, 6.07) is 9.48. The number of benzene rings is 1. The Bertz CT molecular complexity index is 848. The number of nitrogen functional groups attached to an aromatic ring is 1. The van der Waals surface area contributed by atoms with Crippen LogP contribution in [0, 0.1) is 0 Å². The topological polar surface area (TPSA) is 93.8 Å². The number of anilines is 1. The molecule has 1 aromatic carbocycles. The molecule has 0 atom stereocenters. The molecule has 0 saturated carbocycles. The maximum Gasteiger partial charge on any atom is 0.330 e. The number of nitrogens with zero attached hydrogens (tertiary/aromatic N) is 2. The Morgan fingerprint density at radius 1 is 1.26 bits per heavy atom. The Kier molecular flexibility index (Phi) is 2.68. The van der Waals surface area contributed by atoms with E-state index in [0.29, 0.717) is 16.9 Å². The number of rotatable bonds is 2. The number of H-pyrrole nitrogens is 1. The Morgan fingerprint density at radius 2 is 2.00 bits per heavy atom. The minimum Gasteiger partial charge on any atom is -0.375 e. The fraction of sp³-hybridized carbons (Fsp3) is 0.0833. The lowest BCUT2D eigenvalue weighted by atomic mass is 10.2. The zero-order valence-corrected chi connectivity index (χ0v) is 10.6. The summed E-state index contributed by atoms with van der Waals surface area (Å²) in [6.07, 6.45) is 0. The van der Waals surface area contributed by atoms with Gasteiger partial charge in [-0.3, -0.25) is 14.3 Å². The van der Waals surface area contributed by atoms with E-state index in [1.165, 1.54) is 4.57 Å². The number of aromatic amines is 1. The third-order valence-corrected chi connectivity index (χ3v) is 3.61. The molecule has 96 valence electrons. The van der Waals surface area contributed by atoms with Gasteiger partial charge in [-0.1, -0.05) is 41.7 Å². The van der Waals surface area contributed by atoms with E-state index in [2.05, 4.69) is 9.97 Å². The summed E-state index contributed by atoms with van der Waals surface area (Å²) < 4.78 is 1.78. The Morgan fingerprint density at radius 3 is 2.74 bits per heavy atom. The lowest BCUT2D eigenvalue weighted by Gasteiger charge is -2.05. The van der Waals surface area contributed by atoms with Gasteiger partial charge < -0.3 is 5.73 Å². The second-order valence-corrected chi connectivity index (χ2v) is 5.07. The average Bonchev–Trinajstić information content (AvgIpc) is 2.78. The van der Waals surface area contributed by atoms with Gasteiger partial charge in [0.2, 0.25) is 0 Å². The fourth-order valence-corrected chi connectivity index (χ4v) is 2.62. The number of hydrogen-bond acceptors (Lipinski definition) is 5. The van der Waals surface area contributed by atoms with E-state index in [1.807, 2.05) is 30.3 Å². The fourth-order valence-electron chi connectivity index (χ4n) is 1.89. The Labute approximate surface area is 111 Å². The number of nitrogens with one attached hydrogen (secondary N) is 1. The van der Waals surface area contributed by atoms with Crippen LogP contribution in [0.2, 0.25) is 0 Å². The zero-order valence-electron chi connectivity index (χ0n) is 9.79. The summed E-state index contributed by atoms with van der Waals surface area (Å²) in [6.45, 7) is 0.343. The number of nitrogens with two attached hydrogens (primary N) is 1. The quantitative estimate of drug-likeness (QED) is 0.722. The van der Waals surface area contributed by atoms with E-state index in [9.17, 15) is 9.59 Å². The van der Waals surface area contributed by atoms with E-state index in [1.54, 1.807) is 0 Å². The van der Waals surface area contributed by atoms with Crippen molar-refractivity contribution in [2.45, 2.75) is 6.54 Å². The van der Waals surface area contributed by atoms with Crippen LogP contribution in [0.4, 0.5) is 5.13 Å². The summed E-state index contributed by atoms with van der Waals surface area (Å²) in [7, 11) is 0. The molecule has 0 aliphatic heterocycles. The zero-order chi connectivity index (χ0) is 13.4. The number of aromatic nitrogens is 3. The third-order valence-electron chi connectivity index (χ3n) is 2.74. The molecule has 2 heterocycles. The van der Waals surface area contributed by atoms with Crippen molar-refractivity contribution in [1.82, 2.24) is 14.5 Å². The number of fused-ring (bicyclic) bond motifs is 1. The number of thiazole rings is 1. The molecule has 3 N–H and O–H groups in total. The molecule has 7 heteroatoms. The van der Waals surface area contributed by atoms with Crippen LogP contribution in [0.1, 0.15) is 5.56 Å². The second-order valence-electron chi connectivity index (χ2n) is 4.04. The molecule has 19 heavy (non-hydrogen) atoms. The van der Waals surface area contributed by atoms with Gasteiger partial charge in [-0.05, 0) is 5.56 Å². The molecule has 0 amide bonds. The van der Waals surface area contributed by atoms with Crippen molar-refractivity contribution in [3.63, 3.8) is 0 Å². The molecule has 0 radical (unpaired) electrons. The predicted octanol–water partition coefficient (Wildman–Crippen LogP) is 0.777. The standard InChI is InChI=1S/C12H10N4O2S/c13-11-14-9-8(19-11)10(17)15-12(18)16(9)6-7-4-2-1-3-5-7/h1-5H,6H2,(H2,13,14)(H,15,17,18). The molecule has 3 rings (SSSR count). The van der Waals surface area contributed by atoms with Gasteiger partial charge >= 0.3 is 5.69 Å². The first kappa shape index (κ1) is 11.7. The first-order chi connectivity index (χ1) is 9.15. The lowest BCUT2D eigenvalue weighted by Crippen LogP contribution is -2.30. The minimum absolute atomic E-state index is 0.271. The molecular formula is C12H10N4O2S. The summed E-state index contributed by atoms with van der Waals surface area (Å²) in [5, 5.41) is 0.271. The van der Waals surface area contributed by atoms with Crippen LogP contribution in [0.25, 0.3) is 10.3 Å². The highest BCUT2D eigenvalue weighted by Crippen LogP contribution is 2.19. The maximum absolute atomic E-state index is 11.9. The molecule has 0 aliphatic carbocycles. The van der Waals surface area contributed by atoms with Crippen LogP contribution >= 0.6 is 11.3 Å². The molecule has 6 nitrogen and oxygen atoms in total. The van der Waals surface area contributed by atoms with Crippen molar-refractivity contribution >= 4 is 26.8 Å². The van der Waals surface area contributed by atoms with Crippen molar-refractivity contribution in [2.24, 2.45) is 0 Å². The summed E-state index contributed by atoms with van der Waals surface area (Å²) >= 11 is 1.08. The van der Waals surface area contributed by atoms with Gasteiger partial charge in [-0.15, -0.1) is 0 Å². The van der Waals surface area contributed by atoms with Crippen molar-refractivity contribution in [3.05, 3.63) is 56.7 Å². The van der Waals surface area contributed by atoms with Gasteiger partial charge in [0.1, 0.15) is 4.70 Å². The lowest BCUT2D eigenvalue weighted by molar-refractivity contribution is 0.749. The molecule has 0 unspecified atom stereocenters. The van der Waals surface area contributed by atoms with Gasteiger partial charge in [-0.2, -0.15) is 0 Å². The van der Waals surface area contributed by atoms with Crippen LogP contribution in [0.3, 0.4) is 0 Å². The first-order valence-electron chi connectivity index (χ1n) is 5.58. The van der Waals surface area contributed by atoms with Crippen LogP contribution in [0.5, 0.6) is 0 Å². The maximum atomic E-state index is 11.9. The molecule has 0 bridgehead atoms. The van der Waals surface area contributed by atoms with Gasteiger partial charge in [0.25, 0.3) is 5.56 Å². The van der Waals surface area contributed by atoms with E-state index in [-0.39, 0.29) is 5.13 Å². The minimum atomic E-state index is -0.480. The second kappa shape index (κ2) is 4.36. The van der Waals surface area contributed by atoms with Crippen molar-refractivity contribution in [3.8, 4) is 0 Å².